The van der Waals surface area contributed by atoms with E-state index in [0.717, 1.165) is 11.3 Å². The molecule has 2 aromatic rings. The number of aryl methyl sites for hydroxylation is 2. The van der Waals surface area contributed by atoms with E-state index < -0.39 is 16.0 Å². The first kappa shape index (κ1) is 19.8. The summed E-state index contributed by atoms with van der Waals surface area (Å²) in [7, 11) is 1.36. The zero-order valence-electron chi connectivity index (χ0n) is 15.9. The van der Waals surface area contributed by atoms with Crippen LogP contribution in [0.3, 0.4) is 0 Å². The number of hydrogen-bond donors (Lipinski definition) is 1. The molecule has 2 rings (SSSR count). The van der Waals surface area contributed by atoms with E-state index >= 15 is 0 Å². The summed E-state index contributed by atoms with van der Waals surface area (Å²) < 4.78 is 27.4. The molecule has 0 saturated carbocycles. The highest BCUT2D eigenvalue weighted by Crippen LogP contribution is 2.30. The molecular formula is C19H24N2O4S. The molecule has 0 atom stereocenters. The third-order valence-electron chi connectivity index (χ3n) is 4.51. The van der Waals surface area contributed by atoms with Crippen molar-refractivity contribution in [3.05, 3.63) is 52.6 Å². The first-order chi connectivity index (χ1) is 12.0. The van der Waals surface area contributed by atoms with Crippen LogP contribution in [0.5, 0.6) is 0 Å². The highest BCUT2D eigenvalue weighted by Gasteiger charge is 2.27. The number of aromatic carboxylic acids is 1. The van der Waals surface area contributed by atoms with Gasteiger partial charge in [-0.2, -0.15) is 0 Å². The van der Waals surface area contributed by atoms with E-state index in [9.17, 15) is 18.3 Å². The van der Waals surface area contributed by atoms with Crippen molar-refractivity contribution >= 4 is 27.4 Å². The number of carboxylic acid groups (broad SMARTS) is 1. The van der Waals surface area contributed by atoms with Crippen molar-refractivity contribution in [3.8, 4) is 0 Å². The molecule has 0 aromatic heterocycles. The van der Waals surface area contributed by atoms with Gasteiger partial charge >= 0.3 is 5.97 Å². The van der Waals surface area contributed by atoms with Crippen molar-refractivity contribution in [2.75, 3.05) is 30.3 Å². The van der Waals surface area contributed by atoms with E-state index in [4.69, 9.17) is 0 Å². The normalized spacial score (nSPS) is 11.3. The van der Waals surface area contributed by atoms with Crippen molar-refractivity contribution in [3.63, 3.8) is 0 Å². The van der Waals surface area contributed by atoms with Crippen LogP contribution in [0.1, 0.15) is 27.0 Å². The van der Waals surface area contributed by atoms with Gasteiger partial charge in [0.15, 0.2) is 0 Å². The standard InChI is InChI=1S/C19H24N2O4S/c1-12-7-9-15(11-16(12)20(4)5)21(6)26(24,25)17-10-8-13(2)18(14(17)3)19(22)23/h7-11H,1-6H3,(H,22,23). The first-order valence-electron chi connectivity index (χ1n) is 8.09. The number of rotatable bonds is 5. The Morgan fingerprint density at radius 1 is 0.962 bits per heavy atom. The van der Waals surface area contributed by atoms with Crippen LogP contribution >= 0.6 is 0 Å². The SMILES string of the molecule is Cc1ccc(N(C)S(=O)(=O)c2ccc(C)c(C(=O)O)c2C)cc1N(C)C. The van der Waals surface area contributed by atoms with Crippen molar-refractivity contribution < 1.29 is 18.3 Å². The van der Waals surface area contributed by atoms with E-state index in [0.29, 0.717) is 11.3 Å². The second-order valence-electron chi connectivity index (χ2n) is 6.52. The maximum atomic E-state index is 13.1. The molecule has 0 amide bonds. The van der Waals surface area contributed by atoms with Crippen LogP contribution in [0.15, 0.2) is 35.2 Å². The summed E-state index contributed by atoms with van der Waals surface area (Å²) in [5.74, 6) is -1.13. The first-order valence-corrected chi connectivity index (χ1v) is 9.53. The Labute approximate surface area is 154 Å². The van der Waals surface area contributed by atoms with Crippen LogP contribution in [-0.4, -0.2) is 40.6 Å². The van der Waals surface area contributed by atoms with Crippen molar-refractivity contribution in [2.24, 2.45) is 0 Å². The zero-order chi connectivity index (χ0) is 19.8. The molecule has 0 saturated heterocycles. The van der Waals surface area contributed by atoms with Crippen molar-refractivity contribution in [2.45, 2.75) is 25.7 Å². The number of nitrogens with zero attached hydrogens (tertiary/aromatic N) is 2. The molecule has 0 unspecified atom stereocenters. The number of benzene rings is 2. The van der Waals surface area contributed by atoms with Crippen molar-refractivity contribution in [1.29, 1.82) is 0 Å². The molecule has 0 fully saturated rings. The average Bonchev–Trinajstić information content (AvgIpc) is 2.53. The van der Waals surface area contributed by atoms with Gasteiger partial charge in [0.05, 0.1) is 16.1 Å². The Bertz CT molecular complexity index is 966. The van der Waals surface area contributed by atoms with Gasteiger partial charge in [0.1, 0.15) is 0 Å². The highest BCUT2D eigenvalue weighted by molar-refractivity contribution is 7.92. The van der Waals surface area contributed by atoms with Crippen LogP contribution in [0.4, 0.5) is 11.4 Å². The molecule has 0 aliphatic rings. The average molecular weight is 376 g/mol. The molecule has 26 heavy (non-hydrogen) atoms. The molecule has 7 heteroatoms. The summed E-state index contributed by atoms with van der Waals surface area (Å²) in [5.41, 5.74) is 3.25. The predicted octanol–water partition coefficient (Wildman–Crippen LogP) is 3.20. The van der Waals surface area contributed by atoms with E-state index in [2.05, 4.69) is 0 Å². The fourth-order valence-electron chi connectivity index (χ4n) is 3.00. The van der Waals surface area contributed by atoms with Crippen LogP contribution in [0.25, 0.3) is 0 Å². The number of hydrogen-bond acceptors (Lipinski definition) is 4. The third kappa shape index (κ3) is 3.39. The van der Waals surface area contributed by atoms with Gasteiger partial charge in [-0.25, -0.2) is 13.2 Å². The van der Waals surface area contributed by atoms with Crippen LogP contribution in [0.2, 0.25) is 0 Å². The van der Waals surface area contributed by atoms with Crippen LogP contribution in [-0.2, 0) is 10.0 Å². The van der Waals surface area contributed by atoms with Gasteiger partial charge in [-0.15, -0.1) is 0 Å². The van der Waals surface area contributed by atoms with Crippen LogP contribution in [0, 0.1) is 20.8 Å². The molecule has 6 nitrogen and oxygen atoms in total. The number of carboxylic acids is 1. The minimum atomic E-state index is -3.90. The Hall–Kier alpha value is -2.54. The summed E-state index contributed by atoms with van der Waals surface area (Å²) >= 11 is 0. The second-order valence-corrected chi connectivity index (χ2v) is 8.46. The Balaban J connectivity index is 2.60. The molecule has 0 bridgehead atoms. The fourth-order valence-corrected chi connectivity index (χ4v) is 4.41. The topological polar surface area (TPSA) is 77.9 Å². The molecule has 0 spiro atoms. The zero-order valence-corrected chi connectivity index (χ0v) is 16.7. The van der Waals surface area contributed by atoms with Gasteiger partial charge in [0.25, 0.3) is 10.0 Å². The molecule has 0 heterocycles. The van der Waals surface area contributed by atoms with E-state index in [1.54, 1.807) is 19.1 Å². The highest BCUT2D eigenvalue weighted by atomic mass is 32.2. The van der Waals surface area contributed by atoms with Gasteiger partial charge in [0.2, 0.25) is 0 Å². The molecular weight excluding hydrogens is 352 g/mol. The lowest BCUT2D eigenvalue weighted by atomic mass is 10.0. The van der Waals surface area contributed by atoms with Crippen LogP contribution < -0.4 is 9.21 Å². The second kappa shape index (κ2) is 6.99. The molecule has 140 valence electrons. The predicted molar refractivity (Wildman–Crippen MR) is 104 cm³/mol. The summed E-state index contributed by atoms with van der Waals surface area (Å²) in [5, 5.41) is 9.41. The van der Waals surface area contributed by atoms with Gasteiger partial charge < -0.3 is 10.0 Å². The number of anilines is 2. The third-order valence-corrected chi connectivity index (χ3v) is 6.44. The minimum absolute atomic E-state index is 0.00465. The fraction of sp³-hybridized carbons (Fsp3) is 0.316. The van der Waals surface area contributed by atoms with Crippen molar-refractivity contribution in [1.82, 2.24) is 0 Å². The molecule has 0 aliphatic heterocycles. The van der Waals surface area contributed by atoms with E-state index in [1.807, 2.05) is 32.0 Å². The van der Waals surface area contributed by atoms with E-state index in [1.165, 1.54) is 30.4 Å². The lowest BCUT2D eigenvalue weighted by molar-refractivity contribution is 0.0695. The maximum absolute atomic E-state index is 13.1. The lowest BCUT2D eigenvalue weighted by Crippen LogP contribution is -2.28. The monoisotopic (exact) mass is 376 g/mol. The molecule has 0 radical (unpaired) electrons. The lowest BCUT2D eigenvalue weighted by Gasteiger charge is -2.24. The number of carbonyl (C=O) groups is 1. The Kier molecular flexibility index (Phi) is 5.32. The quantitative estimate of drug-likeness (QED) is 0.867. The number of sulfonamides is 1. The maximum Gasteiger partial charge on any atom is 0.336 e. The Morgan fingerprint density at radius 3 is 2.08 bits per heavy atom. The van der Waals surface area contributed by atoms with Gasteiger partial charge in [-0.3, -0.25) is 4.31 Å². The minimum Gasteiger partial charge on any atom is -0.478 e. The Morgan fingerprint density at radius 2 is 1.54 bits per heavy atom. The summed E-state index contributed by atoms with van der Waals surface area (Å²) in [4.78, 5) is 13.4. The van der Waals surface area contributed by atoms with Gasteiger partial charge in [0, 0.05) is 26.8 Å². The van der Waals surface area contributed by atoms with Gasteiger partial charge in [-0.1, -0.05) is 12.1 Å². The smallest absolute Gasteiger partial charge is 0.336 e. The largest absolute Gasteiger partial charge is 0.478 e. The summed E-state index contributed by atoms with van der Waals surface area (Å²) in [6.07, 6.45) is 0. The summed E-state index contributed by atoms with van der Waals surface area (Å²) in [6.45, 7) is 5.13. The molecule has 2 aromatic carbocycles. The molecule has 0 aliphatic carbocycles. The summed E-state index contributed by atoms with van der Waals surface area (Å²) in [6, 6.07) is 8.39. The molecule has 1 N–H and O–H groups in total. The van der Waals surface area contributed by atoms with E-state index in [-0.39, 0.29) is 16.0 Å². The van der Waals surface area contributed by atoms with Gasteiger partial charge in [-0.05, 0) is 55.7 Å².